The molecule has 0 saturated carbocycles. The predicted octanol–water partition coefficient (Wildman–Crippen LogP) is 3.81. The monoisotopic (exact) mass is 318 g/mol. The Morgan fingerprint density at radius 1 is 0.591 bits per heavy atom. The van der Waals surface area contributed by atoms with Crippen molar-refractivity contribution >= 4 is 0 Å². The smallest absolute Gasteiger partial charge is 0.0701 e. The lowest BCUT2D eigenvalue weighted by Gasteiger charge is -2.06. The standard InChI is InChI=1S/C18H38O4/c1-18(2)10-8-6-4-3-5-7-9-12-20-14-16-22-17-15-21-13-11-19/h18-19H,3-17H2,1-2H3. The fourth-order valence-electron chi connectivity index (χ4n) is 2.25. The first-order valence-corrected chi connectivity index (χ1v) is 9.11. The molecule has 4 heteroatoms. The highest BCUT2D eigenvalue weighted by Crippen LogP contribution is 2.11. The molecule has 0 bridgehead atoms. The molecule has 0 spiro atoms. The van der Waals surface area contributed by atoms with E-state index in [1.54, 1.807) is 0 Å². The molecule has 0 unspecified atom stereocenters. The molecular formula is C18H38O4. The summed E-state index contributed by atoms with van der Waals surface area (Å²) >= 11 is 0. The average molecular weight is 318 g/mol. The Morgan fingerprint density at radius 3 is 1.59 bits per heavy atom. The molecule has 22 heavy (non-hydrogen) atoms. The zero-order valence-electron chi connectivity index (χ0n) is 14.9. The number of rotatable bonds is 18. The quantitative estimate of drug-likeness (QED) is 0.390. The molecule has 0 amide bonds. The van der Waals surface area contributed by atoms with Crippen LogP contribution in [0.2, 0.25) is 0 Å². The fourth-order valence-corrected chi connectivity index (χ4v) is 2.25. The van der Waals surface area contributed by atoms with E-state index >= 15 is 0 Å². The highest BCUT2D eigenvalue weighted by Gasteiger charge is 1.95. The van der Waals surface area contributed by atoms with Gasteiger partial charge >= 0.3 is 0 Å². The number of unbranched alkanes of at least 4 members (excludes halogenated alkanes) is 6. The largest absolute Gasteiger partial charge is 0.394 e. The Bertz CT molecular complexity index is 198. The van der Waals surface area contributed by atoms with Crippen molar-refractivity contribution in [2.24, 2.45) is 5.92 Å². The van der Waals surface area contributed by atoms with Crippen LogP contribution in [-0.4, -0.2) is 51.4 Å². The van der Waals surface area contributed by atoms with Crippen molar-refractivity contribution in [3.05, 3.63) is 0 Å². The maximum absolute atomic E-state index is 8.52. The highest BCUT2D eigenvalue weighted by molar-refractivity contribution is 4.49. The molecule has 0 heterocycles. The summed E-state index contributed by atoms with van der Waals surface area (Å²) in [6, 6.07) is 0. The topological polar surface area (TPSA) is 47.9 Å². The van der Waals surface area contributed by atoms with Crippen LogP contribution < -0.4 is 0 Å². The van der Waals surface area contributed by atoms with Gasteiger partial charge in [0.2, 0.25) is 0 Å². The highest BCUT2D eigenvalue weighted by atomic mass is 16.5. The van der Waals surface area contributed by atoms with Gasteiger partial charge in [0.1, 0.15) is 0 Å². The molecule has 0 saturated heterocycles. The van der Waals surface area contributed by atoms with Gasteiger partial charge in [0, 0.05) is 6.61 Å². The summed E-state index contributed by atoms with van der Waals surface area (Å²) < 4.78 is 16.0. The Hall–Kier alpha value is -0.160. The van der Waals surface area contributed by atoms with Crippen LogP contribution in [0.25, 0.3) is 0 Å². The van der Waals surface area contributed by atoms with E-state index in [-0.39, 0.29) is 6.61 Å². The van der Waals surface area contributed by atoms with Gasteiger partial charge in [-0.05, 0) is 12.3 Å². The average Bonchev–Trinajstić information content (AvgIpc) is 2.50. The third-order valence-corrected chi connectivity index (χ3v) is 3.55. The fraction of sp³-hybridized carbons (Fsp3) is 1.00. The third kappa shape index (κ3) is 19.8. The molecule has 0 radical (unpaired) electrons. The van der Waals surface area contributed by atoms with Gasteiger partial charge in [-0.3, -0.25) is 0 Å². The summed E-state index contributed by atoms with van der Waals surface area (Å²) in [5.41, 5.74) is 0. The van der Waals surface area contributed by atoms with Gasteiger partial charge in [-0.15, -0.1) is 0 Å². The second-order valence-corrected chi connectivity index (χ2v) is 6.22. The predicted molar refractivity (Wildman–Crippen MR) is 91.3 cm³/mol. The molecule has 0 aromatic heterocycles. The van der Waals surface area contributed by atoms with Gasteiger partial charge in [0.05, 0.1) is 39.6 Å². The number of aliphatic hydroxyl groups excluding tert-OH is 1. The first kappa shape index (κ1) is 21.8. The van der Waals surface area contributed by atoms with Crippen molar-refractivity contribution < 1.29 is 19.3 Å². The lowest BCUT2D eigenvalue weighted by atomic mass is 10.0. The molecule has 1 N–H and O–H groups in total. The molecule has 134 valence electrons. The second-order valence-electron chi connectivity index (χ2n) is 6.22. The maximum Gasteiger partial charge on any atom is 0.0701 e. The Kier molecular flexibility index (Phi) is 18.8. The molecule has 0 aromatic rings. The summed E-state index contributed by atoms with van der Waals surface area (Å²) in [5.74, 6) is 0.856. The molecule has 0 aliphatic rings. The van der Waals surface area contributed by atoms with Gasteiger partial charge in [-0.2, -0.15) is 0 Å². The van der Waals surface area contributed by atoms with Crippen LogP contribution >= 0.6 is 0 Å². The SMILES string of the molecule is CC(C)CCCCCCCCCOCCOCCOCCO. The van der Waals surface area contributed by atoms with Crippen LogP contribution in [0.4, 0.5) is 0 Å². The number of ether oxygens (including phenoxy) is 3. The summed E-state index contributed by atoms with van der Waals surface area (Å²) in [6.45, 7) is 8.30. The van der Waals surface area contributed by atoms with Crippen molar-refractivity contribution in [3.63, 3.8) is 0 Å². The van der Waals surface area contributed by atoms with Gasteiger partial charge < -0.3 is 19.3 Å². The summed E-state index contributed by atoms with van der Waals surface area (Å²) in [6.07, 6.45) is 10.7. The minimum Gasteiger partial charge on any atom is -0.394 e. The Labute approximate surface area is 137 Å². The van der Waals surface area contributed by atoms with E-state index in [0.717, 1.165) is 18.9 Å². The molecule has 0 aliphatic heterocycles. The van der Waals surface area contributed by atoms with Crippen molar-refractivity contribution in [2.75, 3.05) is 46.2 Å². The number of hydrogen-bond acceptors (Lipinski definition) is 4. The normalized spacial score (nSPS) is 11.5. The summed E-state index contributed by atoms with van der Waals surface area (Å²) in [4.78, 5) is 0. The lowest BCUT2D eigenvalue weighted by Crippen LogP contribution is -2.11. The molecule has 0 fully saturated rings. The van der Waals surface area contributed by atoms with Crippen molar-refractivity contribution in [1.82, 2.24) is 0 Å². The second kappa shape index (κ2) is 18.9. The van der Waals surface area contributed by atoms with Gasteiger partial charge in [0.25, 0.3) is 0 Å². The maximum atomic E-state index is 8.52. The number of hydrogen-bond donors (Lipinski definition) is 1. The van der Waals surface area contributed by atoms with E-state index in [9.17, 15) is 0 Å². The molecule has 0 aromatic carbocycles. The van der Waals surface area contributed by atoms with Crippen LogP contribution in [0.3, 0.4) is 0 Å². The van der Waals surface area contributed by atoms with Crippen molar-refractivity contribution in [1.29, 1.82) is 0 Å². The van der Waals surface area contributed by atoms with E-state index in [0.29, 0.717) is 33.0 Å². The van der Waals surface area contributed by atoms with Gasteiger partial charge in [-0.25, -0.2) is 0 Å². The van der Waals surface area contributed by atoms with Crippen LogP contribution in [-0.2, 0) is 14.2 Å². The molecule has 0 aliphatic carbocycles. The summed E-state index contributed by atoms with van der Waals surface area (Å²) in [7, 11) is 0. The van der Waals surface area contributed by atoms with Crippen LogP contribution in [0.15, 0.2) is 0 Å². The van der Waals surface area contributed by atoms with Crippen LogP contribution in [0.5, 0.6) is 0 Å². The van der Waals surface area contributed by atoms with E-state index in [1.165, 1.54) is 44.9 Å². The zero-order chi connectivity index (χ0) is 16.3. The zero-order valence-corrected chi connectivity index (χ0v) is 14.9. The van der Waals surface area contributed by atoms with E-state index < -0.39 is 0 Å². The Balaban J connectivity index is 2.94. The first-order chi connectivity index (χ1) is 10.8. The minimum atomic E-state index is 0.0705. The van der Waals surface area contributed by atoms with Crippen LogP contribution in [0, 0.1) is 5.92 Å². The minimum absolute atomic E-state index is 0.0705. The van der Waals surface area contributed by atoms with E-state index in [2.05, 4.69) is 13.8 Å². The van der Waals surface area contributed by atoms with Crippen molar-refractivity contribution in [3.8, 4) is 0 Å². The molecule has 0 atom stereocenters. The molecule has 0 rings (SSSR count). The Morgan fingerprint density at radius 2 is 1.05 bits per heavy atom. The molecular weight excluding hydrogens is 280 g/mol. The van der Waals surface area contributed by atoms with E-state index in [4.69, 9.17) is 19.3 Å². The van der Waals surface area contributed by atoms with Gasteiger partial charge in [0.15, 0.2) is 0 Å². The first-order valence-electron chi connectivity index (χ1n) is 9.11. The van der Waals surface area contributed by atoms with Crippen molar-refractivity contribution in [2.45, 2.75) is 65.2 Å². The number of aliphatic hydroxyl groups is 1. The third-order valence-electron chi connectivity index (χ3n) is 3.55. The van der Waals surface area contributed by atoms with E-state index in [1.807, 2.05) is 0 Å². The summed E-state index contributed by atoms with van der Waals surface area (Å²) in [5, 5.41) is 8.52. The van der Waals surface area contributed by atoms with Crippen LogP contribution in [0.1, 0.15) is 65.2 Å². The molecule has 4 nitrogen and oxygen atoms in total. The lowest BCUT2D eigenvalue weighted by molar-refractivity contribution is 0.00719. The van der Waals surface area contributed by atoms with Gasteiger partial charge in [-0.1, -0.05) is 58.8 Å².